The molecule has 6 heteroatoms. The van der Waals surface area contributed by atoms with Gasteiger partial charge in [-0.15, -0.1) is 0 Å². The van der Waals surface area contributed by atoms with E-state index in [9.17, 15) is 14.0 Å². The predicted octanol–water partition coefficient (Wildman–Crippen LogP) is 5.20. The van der Waals surface area contributed by atoms with E-state index in [2.05, 4.69) is 11.9 Å². The summed E-state index contributed by atoms with van der Waals surface area (Å²) in [5, 5.41) is 2.36. The van der Waals surface area contributed by atoms with Gasteiger partial charge in [0.2, 0.25) is 0 Å². The Morgan fingerprint density at radius 3 is 2.15 bits per heavy atom. The van der Waals surface area contributed by atoms with Crippen molar-refractivity contribution in [2.75, 3.05) is 13.2 Å². The molecule has 0 saturated carbocycles. The molecule has 0 radical (unpaired) electrons. The number of carbonyl (C=O) groups is 2. The number of hydrogen-bond donors (Lipinski definition) is 1. The van der Waals surface area contributed by atoms with Gasteiger partial charge in [-0.05, 0) is 39.9 Å². The highest BCUT2D eigenvalue weighted by Gasteiger charge is 2.29. The van der Waals surface area contributed by atoms with Crippen LogP contribution in [0, 0.1) is 0 Å². The third-order valence-electron chi connectivity index (χ3n) is 5.64. The van der Waals surface area contributed by atoms with Gasteiger partial charge in [0.15, 0.2) is 0 Å². The number of fused-ring (bicyclic) bond motifs is 3. The van der Waals surface area contributed by atoms with Crippen LogP contribution in [0.4, 0.5) is 9.18 Å². The topological polar surface area (TPSA) is 64.6 Å². The van der Waals surface area contributed by atoms with Crippen molar-refractivity contribution in [2.45, 2.75) is 18.4 Å². The highest BCUT2D eigenvalue weighted by atomic mass is 19.1. The smallest absolute Gasteiger partial charge is 0.407 e. The van der Waals surface area contributed by atoms with Gasteiger partial charge in [0.05, 0.1) is 0 Å². The molecule has 0 saturated heterocycles. The molecule has 1 aliphatic carbocycles. The van der Waals surface area contributed by atoms with Gasteiger partial charge in [0.25, 0.3) is 0 Å². The Kier molecular flexibility index (Phi) is 6.83. The fourth-order valence-corrected chi connectivity index (χ4v) is 4.08. The van der Waals surface area contributed by atoms with Crippen molar-refractivity contribution >= 4 is 12.1 Å². The number of halogens is 1. The lowest BCUT2D eigenvalue weighted by Gasteiger charge is -2.17. The van der Waals surface area contributed by atoms with E-state index in [1.165, 1.54) is 0 Å². The number of nitrogens with one attached hydrogen (secondary N) is 1. The Labute approximate surface area is 191 Å². The zero-order valence-corrected chi connectivity index (χ0v) is 18.0. The lowest BCUT2D eigenvalue weighted by Crippen LogP contribution is -2.41. The zero-order valence-electron chi connectivity index (χ0n) is 18.0. The summed E-state index contributed by atoms with van der Waals surface area (Å²) >= 11 is 0. The second-order valence-corrected chi connectivity index (χ2v) is 7.77. The molecule has 3 aromatic rings. The first kappa shape index (κ1) is 22.3. The largest absolute Gasteiger partial charge is 0.490 e. The molecule has 1 atom stereocenters. The van der Waals surface area contributed by atoms with Crippen LogP contribution in [-0.2, 0) is 16.0 Å². The van der Waals surface area contributed by atoms with E-state index < -0.39 is 18.2 Å². The molecule has 0 unspecified atom stereocenters. The minimum Gasteiger partial charge on any atom is -0.490 e. The number of amides is 1. The van der Waals surface area contributed by atoms with E-state index in [0.717, 1.165) is 22.3 Å². The van der Waals surface area contributed by atoms with Crippen LogP contribution < -0.4 is 10.1 Å². The quantitative estimate of drug-likeness (QED) is 0.363. The Hall–Kier alpha value is -3.93. The fourth-order valence-electron chi connectivity index (χ4n) is 4.08. The Morgan fingerprint density at radius 2 is 1.58 bits per heavy atom. The van der Waals surface area contributed by atoms with Crippen molar-refractivity contribution in [1.29, 1.82) is 0 Å². The molecule has 33 heavy (non-hydrogen) atoms. The van der Waals surface area contributed by atoms with Gasteiger partial charge in [-0.3, -0.25) is 4.79 Å². The standard InChI is InChI=1S/C27H24FNO4/c1-2-15-32-19-13-11-18(12-14-19)16-25(26(28)30)29-27(31)33-17-24-22-9-5-3-7-20(22)21-8-4-6-10-23(21)24/h2-14,24-25H,1,15-17H2,(H,29,31)/t25-/m0/s1. The minimum atomic E-state index is -1.63. The molecule has 5 nitrogen and oxygen atoms in total. The Bertz CT molecular complexity index is 1110. The third-order valence-corrected chi connectivity index (χ3v) is 5.64. The van der Waals surface area contributed by atoms with Crippen molar-refractivity contribution in [1.82, 2.24) is 5.32 Å². The van der Waals surface area contributed by atoms with E-state index >= 15 is 0 Å². The van der Waals surface area contributed by atoms with Crippen LogP contribution in [0.15, 0.2) is 85.5 Å². The molecule has 0 aliphatic heterocycles. The third kappa shape index (κ3) is 5.12. The lowest BCUT2D eigenvalue weighted by molar-refractivity contribution is -0.131. The monoisotopic (exact) mass is 445 g/mol. The van der Waals surface area contributed by atoms with Crippen LogP contribution >= 0.6 is 0 Å². The molecule has 1 aliphatic rings. The average Bonchev–Trinajstić information content (AvgIpc) is 3.15. The summed E-state index contributed by atoms with van der Waals surface area (Å²) in [6.07, 6.45) is 0.796. The molecule has 1 N–H and O–H groups in total. The number of carbonyl (C=O) groups excluding carboxylic acids is 2. The van der Waals surface area contributed by atoms with Crippen LogP contribution in [0.2, 0.25) is 0 Å². The van der Waals surface area contributed by atoms with E-state index in [4.69, 9.17) is 9.47 Å². The second-order valence-electron chi connectivity index (χ2n) is 7.77. The van der Waals surface area contributed by atoms with Crippen molar-refractivity contribution in [2.24, 2.45) is 0 Å². The summed E-state index contributed by atoms with van der Waals surface area (Å²) in [6, 6.07) is 19.8. The van der Waals surface area contributed by atoms with Gasteiger partial charge >= 0.3 is 12.1 Å². The first-order valence-corrected chi connectivity index (χ1v) is 10.7. The molecule has 0 fully saturated rings. The molecular formula is C27H24FNO4. The molecule has 168 valence electrons. The molecular weight excluding hydrogens is 421 g/mol. The van der Waals surface area contributed by atoms with Gasteiger partial charge in [0, 0.05) is 12.3 Å². The van der Waals surface area contributed by atoms with E-state index in [0.29, 0.717) is 17.9 Å². The minimum absolute atomic E-state index is 0.00126. The second kappa shape index (κ2) is 10.1. The Balaban J connectivity index is 1.38. The highest BCUT2D eigenvalue weighted by Crippen LogP contribution is 2.44. The number of ether oxygens (including phenoxy) is 2. The fraction of sp³-hybridized carbons (Fsp3) is 0.185. The van der Waals surface area contributed by atoms with Gasteiger partial charge in [-0.25, -0.2) is 4.79 Å². The number of rotatable bonds is 9. The number of benzene rings is 3. The summed E-state index contributed by atoms with van der Waals surface area (Å²) < 4.78 is 24.5. The molecule has 4 rings (SSSR count). The van der Waals surface area contributed by atoms with E-state index in [1.807, 2.05) is 48.5 Å². The lowest BCUT2D eigenvalue weighted by atomic mass is 9.98. The van der Waals surface area contributed by atoms with Crippen molar-refractivity contribution in [3.05, 3.63) is 102 Å². The zero-order chi connectivity index (χ0) is 23.2. The maximum Gasteiger partial charge on any atom is 0.407 e. The molecule has 1 amide bonds. The van der Waals surface area contributed by atoms with Crippen LogP contribution in [0.3, 0.4) is 0 Å². The van der Waals surface area contributed by atoms with Gasteiger partial charge < -0.3 is 14.8 Å². The summed E-state index contributed by atoms with van der Waals surface area (Å²) in [4.78, 5) is 23.9. The predicted molar refractivity (Wildman–Crippen MR) is 124 cm³/mol. The summed E-state index contributed by atoms with van der Waals surface area (Å²) in [7, 11) is 0. The molecule has 0 bridgehead atoms. The van der Waals surface area contributed by atoms with Crippen molar-refractivity contribution in [3.63, 3.8) is 0 Å². The van der Waals surface area contributed by atoms with E-state index in [-0.39, 0.29) is 18.9 Å². The van der Waals surface area contributed by atoms with Gasteiger partial charge in [0.1, 0.15) is 25.0 Å². The SMILES string of the molecule is C=CCOc1ccc(C[C@H](NC(=O)OCC2c3ccccc3-c3ccccc32)C(=O)F)cc1. The van der Waals surface area contributed by atoms with Crippen LogP contribution in [0.1, 0.15) is 22.6 Å². The molecule has 0 spiro atoms. The molecule has 3 aromatic carbocycles. The molecule has 0 heterocycles. The molecule has 0 aromatic heterocycles. The maximum atomic E-state index is 13.6. The number of hydrogen-bond acceptors (Lipinski definition) is 4. The average molecular weight is 445 g/mol. The maximum absolute atomic E-state index is 13.6. The normalized spacial score (nSPS) is 12.9. The van der Waals surface area contributed by atoms with Gasteiger partial charge in [-0.2, -0.15) is 4.39 Å². The highest BCUT2D eigenvalue weighted by molar-refractivity contribution is 5.81. The van der Waals surface area contributed by atoms with Crippen LogP contribution in [0.5, 0.6) is 5.75 Å². The number of alkyl carbamates (subject to hydrolysis) is 1. The van der Waals surface area contributed by atoms with Crippen LogP contribution in [0.25, 0.3) is 11.1 Å². The van der Waals surface area contributed by atoms with Crippen molar-refractivity contribution in [3.8, 4) is 16.9 Å². The first-order valence-electron chi connectivity index (χ1n) is 10.7. The van der Waals surface area contributed by atoms with Crippen molar-refractivity contribution < 1.29 is 23.5 Å². The van der Waals surface area contributed by atoms with E-state index in [1.54, 1.807) is 30.3 Å². The van der Waals surface area contributed by atoms with Crippen LogP contribution in [-0.4, -0.2) is 31.4 Å². The summed E-state index contributed by atoms with van der Waals surface area (Å²) in [6.45, 7) is 4.04. The Morgan fingerprint density at radius 1 is 0.970 bits per heavy atom. The first-order chi connectivity index (χ1) is 16.1. The van der Waals surface area contributed by atoms with Gasteiger partial charge in [-0.1, -0.05) is 73.3 Å². The summed E-state index contributed by atoms with van der Waals surface area (Å²) in [5.41, 5.74) is 5.04. The summed E-state index contributed by atoms with van der Waals surface area (Å²) in [5.74, 6) is 0.511.